The summed E-state index contributed by atoms with van der Waals surface area (Å²) in [6.45, 7) is 1.91. The lowest BCUT2D eigenvalue weighted by molar-refractivity contribution is 0.477. The number of hydrogen-bond acceptors (Lipinski definition) is 2. The van der Waals surface area contributed by atoms with Gasteiger partial charge in [0.1, 0.15) is 17.6 Å². The lowest BCUT2D eigenvalue weighted by atomic mass is 10.2. The molecule has 90 valence electrons. The number of aryl methyl sites for hydroxylation is 1. The molecule has 0 aliphatic rings. The lowest BCUT2D eigenvalue weighted by Crippen LogP contribution is -1.90. The van der Waals surface area contributed by atoms with Crippen LogP contribution in [0.2, 0.25) is 10.0 Å². The monoisotopic (exact) mass is 277 g/mol. The average Bonchev–Trinajstić information content (AvgIpc) is 2.36. The van der Waals surface area contributed by atoms with Gasteiger partial charge in [0.2, 0.25) is 0 Å². The predicted octanol–water partition coefficient (Wildman–Crippen LogP) is 4.97. The van der Waals surface area contributed by atoms with Crippen LogP contribution in [0.3, 0.4) is 0 Å². The molecule has 2 aromatic carbocycles. The van der Waals surface area contributed by atoms with Crippen LogP contribution in [0.5, 0.6) is 11.5 Å². The van der Waals surface area contributed by atoms with E-state index < -0.39 is 0 Å². The van der Waals surface area contributed by atoms with Crippen molar-refractivity contribution in [3.8, 4) is 17.6 Å². The summed E-state index contributed by atoms with van der Waals surface area (Å²) in [5, 5.41) is 10.1. The number of halogens is 2. The zero-order valence-electron chi connectivity index (χ0n) is 9.58. The largest absolute Gasteiger partial charge is 0.456 e. The molecule has 0 atom stereocenters. The number of nitrogens with zero attached hydrogens (tertiary/aromatic N) is 1. The number of ether oxygens (including phenoxy) is 1. The third-order valence-electron chi connectivity index (χ3n) is 2.43. The van der Waals surface area contributed by atoms with Gasteiger partial charge in [-0.3, -0.25) is 0 Å². The van der Waals surface area contributed by atoms with E-state index in [0.717, 1.165) is 5.56 Å². The molecule has 0 aliphatic heterocycles. The molecular weight excluding hydrogens is 269 g/mol. The smallest absolute Gasteiger partial charge is 0.145 e. The van der Waals surface area contributed by atoms with Gasteiger partial charge in [0, 0.05) is 10.0 Å². The fraction of sp³-hybridized carbons (Fsp3) is 0.0714. The molecule has 2 aromatic rings. The summed E-state index contributed by atoms with van der Waals surface area (Å²) in [5.74, 6) is 1.09. The highest BCUT2D eigenvalue weighted by Crippen LogP contribution is 2.31. The first-order chi connectivity index (χ1) is 8.60. The highest BCUT2D eigenvalue weighted by molar-refractivity contribution is 6.31. The van der Waals surface area contributed by atoms with Crippen molar-refractivity contribution < 1.29 is 4.74 Å². The van der Waals surface area contributed by atoms with E-state index in [1.54, 1.807) is 30.3 Å². The molecule has 4 heteroatoms. The second-order valence-corrected chi connectivity index (χ2v) is 4.64. The fourth-order valence-electron chi connectivity index (χ4n) is 1.48. The molecule has 0 aromatic heterocycles. The summed E-state index contributed by atoms with van der Waals surface area (Å²) in [5.41, 5.74) is 1.33. The Labute approximate surface area is 115 Å². The maximum atomic E-state index is 9.03. The highest BCUT2D eigenvalue weighted by atomic mass is 35.5. The maximum absolute atomic E-state index is 9.03. The molecule has 0 fully saturated rings. The van der Waals surface area contributed by atoms with Crippen molar-refractivity contribution in [2.45, 2.75) is 6.92 Å². The molecule has 18 heavy (non-hydrogen) atoms. The molecule has 0 saturated carbocycles. The van der Waals surface area contributed by atoms with Crippen molar-refractivity contribution in [2.75, 3.05) is 0 Å². The molecule has 2 nitrogen and oxygen atoms in total. The third kappa shape index (κ3) is 2.76. The van der Waals surface area contributed by atoms with Gasteiger partial charge in [0.25, 0.3) is 0 Å². The Balaban J connectivity index is 2.40. The highest BCUT2D eigenvalue weighted by Gasteiger charge is 2.07. The first-order valence-corrected chi connectivity index (χ1v) is 5.99. The Morgan fingerprint density at radius 2 is 1.67 bits per heavy atom. The summed E-state index contributed by atoms with van der Waals surface area (Å²) >= 11 is 11.7. The second-order valence-electron chi connectivity index (χ2n) is 3.76. The summed E-state index contributed by atoms with van der Waals surface area (Å²) < 4.78 is 5.70. The molecule has 0 heterocycles. The molecule has 0 radical (unpaired) electrons. The van der Waals surface area contributed by atoms with Gasteiger partial charge < -0.3 is 4.74 Å². The van der Waals surface area contributed by atoms with Crippen molar-refractivity contribution in [3.63, 3.8) is 0 Å². The van der Waals surface area contributed by atoms with Crippen LogP contribution < -0.4 is 4.74 Å². The second kappa shape index (κ2) is 5.30. The number of benzene rings is 2. The SMILES string of the molecule is Cc1ccc(Cl)cc1Oc1ccc(Cl)cc1C#N. The molecule has 0 N–H and O–H groups in total. The van der Waals surface area contributed by atoms with Crippen LogP contribution in [0.1, 0.15) is 11.1 Å². The minimum Gasteiger partial charge on any atom is -0.456 e. The fourth-order valence-corrected chi connectivity index (χ4v) is 1.82. The standard InChI is InChI=1S/C14H9Cl2NO/c1-9-2-3-12(16)7-14(9)18-13-5-4-11(15)6-10(13)8-17/h2-7H,1H3. The van der Waals surface area contributed by atoms with Gasteiger partial charge in [-0.15, -0.1) is 0 Å². The molecule has 0 aliphatic carbocycles. The van der Waals surface area contributed by atoms with E-state index in [0.29, 0.717) is 27.1 Å². The third-order valence-corrected chi connectivity index (χ3v) is 2.90. The summed E-state index contributed by atoms with van der Waals surface area (Å²) in [7, 11) is 0. The Bertz CT molecular complexity index is 632. The van der Waals surface area contributed by atoms with Gasteiger partial charge in [0.05, 0.1) is 5.56 Å². The van der Waals surface area contributed by atoms with Crippen LogP contribution in [-0.2, 0) is 0 Å². The quantitative estimate of drug-likeness (QED) is 0.777. The van der Waals surface area contributed by atoms with Crippen LogP contribution in [0, 0.1) is 18.3 Å². The summed E-state index contributed by atoms with van der Waals surface area (Å²) in [4.78, 5) is 0. The van der Waals surface area contributed by atoms with E-state index in [-0.39, 0.29) is 0 Å². The first kappa shape index (κ1) is 12.8. The molecule has 0 amide bonds. The Hall–Kier alpha value is -1.69. The molecule has 0 unspecified atom stereocenters. The minimum atomic E-state index is 0.391. The van der Waals surface area contributed by atoms with E-state index >= 15 is 0 Å². The van der Waals surface area contributed by atoms with E-state index in [2.05, 4.69) is 0 Å². The van der Waals surface area contributed by atoms with Gasteiger partial charge in [-0.1, -0.05) is 29.3 Å². The molecule has 0 bridgehead atoms. The van der Waals surface area contributed by atoms with Crippen molar-refractivity contribution >= 4 is 23.2 Å². The molecule has 0 saturated heterocycles. The van der Waals surface area contributed by atoms with Crippen molar-refractivity contribution in [1.82, 2.24) is 0 Å². The van der Waals surface area contributed by atoms with Gasteiger partial charge in [-0.05, 0) is 42.8 Å². The van der Waals surface area contributed by atoms with Crippen molar-refractivity contribution in [2.24, 2.45) is 0 Å². The minimum absolute atomic E-state index is 0.391. The Morgan fingerprint density at radius 1 is 1.00 bits per heavy atom. The van der Waals surface area contributed by atoms with E-state index in [1.165, 1.54) is 0 Å². The predicted molar refractivity (Wildman–Crippen MR) is 72.4 cm³/mol. The Morgan fingerprint density at radius 3 is 2.39 bits per heavy atom. The van der Waals surface area contributed by atoms with Gasteiger partial charge in [-0.2, -0.15) is 5.26 Å². The Kier molecular flexibility index (Phi) is 3.76. The van der Waals surface area contributed by atoms with Crippen LogP contribution in [-0.4, -0.2) is 0 Å². The molecule has 2 rings (SSSR count). The summed E-state index contributed by atoms with van der Waals surface area (Å²) in [6, 6.07) is 12.3. The van der Waals surface area contributed by atoms with E-state index in [1.807, 2.05) is 19.1 Å². The van der Waals surface area contributed by atoms with Crippen LogP contribution in [0.15, 0.2) is 36.4 Å². The average molecular weight is 278 g/mol. The normalized spacial score (nSPS) is 9.89. The van der Waals surface area contributed by atoms with Gasteiger partial charge in [-0.25, -0.2) is 0 Å². The first-order valence-electron chi connectivity index (χ1n) is 5.24. The van der Waals surface area contributed by atoms with Crippen molar-refractivity contribution in [1.29, 1.82) is 5.26 Å². The summed E-state index contributed by atoms with van der Waals surface area (Å²) in [6.07, 6.45) is 0. The lowest BCUT2D eigenvalue weighted by Gasteiger charge is -2.10. The number of hydrogen-bond donors (Lipinski definition) is 0. The van der Waals surface area contributed by atoms with E-state index in [4.69, 9.17) is 33.2 Å². The number of nitriles is 1. The van der Waals surface area contributed by atoms with Gasteiger partial charge >= 0.3 is 0 Å². The number of rotatable bonds is 2. The van der Waals surface area contributed by atoms with E-state index in [9.17, 15) is 0 Å². The van der Waals surface area contributed by atoms with Crippen LogP contribution >= 0.6 is 23.2 Å². The van der Waals surface area contributed by atoms with Crippen molar-refractivity contribution in [3.05, 3.63) is 57.6 Å². The molecular formula is C14H9Cl2NO. The topological polar surface area (TPSA) is 33.0 Å². The zero-order chi connectivity index (χ0) is 13.1. The zero-order valence-corrected chi connectivity index (χ0v) is 11.1. The van der Waals surface area contributed by atoms with Crippen LogP contribution in [0.25, 0.3) is 0 Å². The molecule has 0 spiro atoms. The van der Waals surface area contributed by atoms with Crippen LogP contribution in [0.4, 0.5) is 0 Å². The maximum Gasteiger partial charge on any atom is 0.145 e. The van der Waals surface area contributed by atoms with Gasteiger partial charge in [0.15, 0.2) is 0 Å².